The third-order valence-corrected chi connectivity index (χ3v) is 4.37. The number of hydrogen-bond donors (Lipinski definition) is 0. The van der Waals surface area contributed by atoms with Crippen LogP contribution >= 0.6 is 15.9 Å². The minimum Gasteiger partial charge on any atom is -0.0763 e. The maximum atomic E-state index is 3.74. The van der Waals surface area contributed by atoms with Gasteiger partial charge >= 0.3 is 0 Å². The van der Waals surface area contributed by atoms with E-state index in [-0.39, 0.29) is 0 Å². The van der Waals surface area contributed by atoms with E-state index in [2.05, 4.69) is 71.4 Å². The lowest BCUT2D eigenvalue weighted by atomic mass is 9.92. The minimum absolute atomic E-state index is 1.08. The van der Waals surface area contributed by atoms with Crippen LogP contribution in [-0.4, -0.2) is 0 Å². The Morgan fingerprint density at radius 1 is 1.00 bits per heavy atom. The second-order valence-corrected chi connectivity index (χ2v) is 5.86. The Labute approximate surface area is 123 Å². The van der Waals surface area contributed by atoms with E-state index in [4.69, 9.17) is 0 Å². The van der Waals surface area contributed by atoms with Crippen molar-refractivity contribution in [3.63, 3.8) is 0 Å². The third-order valence-electron chi connectivity index (χ3n) is 3.71. The molecular formula is C18H17Br. The molecule has 0 heterocycles. The van der Waals surface area contributed by atoms with Crippen LogP contribution in [0.4, 0.5) is 0 Å². The average molecular weight is 313 g/mol. The molecule has 0 radical (unpaired) electrons. The lowest BCUT2D eigenvalue weighted by Crippen LogP contribution is -1.92. The van der Waals surface area contributed by atoms with Gasteiger partial charge in [-0.2, -0.15) is 0 Å². The SMILES string of the molecule is CCCC1=CCc2ccc(Br)c(-c3ccccc3)c21. The Morgan fingerprint density at radius 2 is 1.79 bits per heavy atom. The van der Waals surface area contributed by atoms with E-state index in [1.54, 1.807) is 0 Å². The van der Waals surface area contributed by atoms with Crippen LogP contribution in [0.5, 0.6) is 0 Å². The van der Waals surface area contributed by atoms with Gasteiger partial charge in [0, 0.05) is 10.0 Å². The van der Waals surface area contributed by atoms with Gasteiger partial charge < -0.3 is 0 Å². The number of rotatable bonds is 3. The number of fused-ring (bicyclic) bond motifs is 1. The molecule has 1 aliphatic carbocycles. The molecule has 19 heavy (non-hydrogen) atoms. The molecule has 1 aliphatic rings. The Kier molecular flexibility index (Phi) is 3.56. The van der Waals surface area contributed by atoms with Gasteiger partial charge in [0.15, 0.2) is 0 Å². The number of allylic oxidation sites excluding steroid dienone is 2. The summed E-state index contributed by atoms with van der Waals surface area (Å²) in [4.78, 5) is 0. The zero-order chi connectivity index (χ0) is 13.2. The van der Waals surface area contributed by atoms with Crippen LogP contribution in [0.25, 0.3) is 16.7 Å². The molecule has 2 aromatic carbocycles. The van der Waals surface area contributed by atoms with E-state index in [1.807, 2.05) is 0 Å². The highest BCUT2D eigenvalue weighted by atomic mass is 79.9. The molecule has 0 unspecified atom stereocenters. The first kappa shape index (κ1) is 12.7. The molecule has 0 saturated carbocycles. The Morgan fingerprint density at radius 3 is 2.53 bits per heavy atom. The summed E-state index contributed by atoms with van der Waals surface area (Å²) in [6.45, 7) is 2.25. The van der Waals surface area contributed by atoms with Crippen LogP contribution in [0.1, 0.15) is 30.9 Å². The van der Waals surface area contributed by atoms with Crippen LogP contribution in [-0.2, 0) is 6.42 Å². The van der Waals surface area contributed by atoms with Crippen molar-refractivity contribution in [3.05, 3.63) is 64.1 Å². The summed E-state index contributed by atoms with van der Waals surface area (Å²) in [5.41, 5.74) is 7.09. The number of benzene rings is 2. The van der Waals surface area contributed by atoms with E-state index in [0.717, 1.165) is 6.42 Å². The molecule has 0 saturated heterocycles. The van der Waals surface area contributed by atoms with Crippen molar-refractivity contribution in [2.24, 2.45) is 0 Å². The van der Waals surface area contributed by atoms with Crippen LogP contribution in [0, 0.1) is 0 Å². The van der Waals surface area contributed by atoms with E-state index in [9.17, 15) is 0 Å². The summed E-state index contributed by atoms with van der Waals surface area (Å²) in [5.74, 6) is 0. The van der Waals surface area contributed by atoms with Gasteiger partial charge in [-0.3, -0.25) is 0 Å². The Hall–Kier alpha value is -1.34. The molecule has 96 valence electrons. The normalized spacial score (nSPS) is 13.3. The molecule has 0 aromatic heterocycles. The molecule has 1 heteroatoms. The van der Waals surface area contributed by atoms with Gasteiger partial charge in [0.05, 0.1) is 0 Å². The first-order valence-corrected chi connectivity index (χ1v) is 7.66. The summed E-state index contributed by atoms with van der Waals surface area (Å²) in [6, 6.07) is 15.1. The highest BCUT2D eigenvalue weighted by Crippen LogP contribution is 2.42. The lowest BCUT2D eigenvalue weighted by molar-refractivity contribution is 0.975. The molecule has 0 amide bonds. The predicted molar refractivity (Wildman–Crippen MR) is 86.2 cm³/mol. The highest BCUT2D eigenvalue weighted by Gasteiger charge is 2.20. The summed E-state index contributed by atoms with van der Waals surface area (Å²) >= 11 is 3.74. The molecule has 0 spiro atoms. The average Bonchev–Trinajstić information content (AvgIpc) is 2.84. The van der Waals surface area contributed by atoms with Gasteiger partial charge in [0.1, 0.15) is 0 Å². The fourth-order valence-corrected chi connectivity index (χ4v) is 3.44. The van der Waals surface area contributed by atoms with Crippen molar-refractivity contribution in [1.82, 2.24) is 0 Å². The van der Waals surface area contributed by atoms with E-state index >= 15 is 0 Å². The van der Waals surface area contributed by atoms with E-state index < -0.39 is 0 Å². The van der Waals surface area contributed by atoms with Crippen molar-refractivity contribution in [3.8, 4) is 11.1 Å². The summed E-state index contributed by atoms with van der Waals surface area (Å²) < 4.78 is 1.20. The van der Waals surface area contributed by atoms with Crippen molar-refractivity contribution in [2.75, 3.05) is 0 Å². The molecule has 2 aromatic rings. The standard InChI is InChI=1S/C18H17Br/c1-2-6-13-9-10-15-11-12-16(19)18(17(13)15)14-7-4-3-5-8-14/h3-5,7-9,11-12H,2,6,10H2,1H3. The second-order valence-electron chi connectivity index (χ2n) is 5.01. The van der Waals surface area contributed by atoms with Crippen molar-refractivity contribution < 1.29 is 0 Å². The van der Waals surface area contributed by atoms with Gasteiger partial charge in [0.2, 0.25) is 0 Å². The second kappa shape index (κ2) is 5.34. The maximum Gasteiger partial charge on any atom is 0.0260 e. The summed E-state index contributed by atoms with van der Waals surface area (Å²) in [5, 5.41) is 0. The quantitative estimate of drug-likeness (QED) is 0.666. The number of halogens is 1. The van der Waals surface area contributed by atoms with Crippen molar-refractivity contribution in [1.29, 1.82) is 0 Å². The van der Waals surface area contributed by atoms with Gasteiger partial charge in [0.25, 0.3) is 0 Å². The Bertz CT molecular complexity index is 624. The molecule has 0 N–H and O–H groups in total. The molecule has 3 rings (SSSR count). The minimum atomic E-state index is 1.08. The topological polar surface area (TPSA) is 0 Å². The van der Waals surface area contributed by atoms with Crippen molar-refractivity contribution in [2.45, 2.75) is 26.2 Å². The third kappa shape index (κ3) is 2.28. The highest BCUT2D eigenvalue weighted by molar-refractivity contribution is 9.10. The van der Waals surface area contributed by atoms with Gasteiger partial charge in [-0.25, -0.2) is 0 Å². The fourth-order valence-electron chi connectivity index (χ4n) is 2.88. The first-order valence-electron chi connectivity index (χ1n) is 6.87. The maximum absolute atomic E-state index is 3.74. The lowest BCUT2D eigenvalue weighted by Gasteiger charge is -2.14. The summed E-state index contributed by atoms with van der Waals surface area (Å²) in [7, 11) is 0. The van der Waals surface area contributed by atoms with E-state index in [0.29, 0.717) is 0 Å². The summed E-state index contributed by atoms with van der Waals surface area (Å²) in [6.07, 6.45) is 5.85. The van der Waals surface area contributed by atoms with Gasteiger partial charge in [-0.15, -0.1) is 0 Å². The zero-order valence-electron chi connectivity index (χ0n) is 11.1. The molecule has 0 bridgehead atoms. The largest absolute Gasteiger partial charge is 0.0763 e. The molecule has 0 aliphatic heterocycles. The first-order chi connectivity index (χ1) is 9.31. The number of hydrogen-bond acceptors (Lipinski definition) is 0. The molecule has 0 atom stereocenters. The van der Waals surface area contributed by atoms with Gasteiger partial charge in [-0.1, -0.05) is 71.7 Å². The van der Waals surface area contributed by atoms with Crippen molar-refractivity contribution >= 4 is 21.5 Å². The van der Waals surface area contributed by atoms with Crippen LogP contribution < -0.4 is 0 Å². The zero-order valence-corrected chi connectivity index (χ0v) is 12.7. The predicted octanol–water partition coefficient (Wildman–Crippen LogP) is 5.86. The smallest absolute Gasteiger partial charge is 0.0260 e. The Balaban J connectivity index is 2.20. The van der Waals surface area contributed by atoms with Crippen LogP contribution in [0.2, 0.25) is 0 Å². The monoisotopic (exact) mass is 312 g/mol. The van der Waals surface area contributed by atoms with Crippen LogP contribution in [0.15, 0.2) is 53.0 Å². The fraction of sp³-hybridized carbons (Fsp3) is 0.222. The molecular weight excluding hydrogens is 296 g/mol. The van der Waals surface area contributed by atoms with Gasteiger partial charge in [-0.05, 0) is 41.2 Å². The molecule has 0 fully saturated rings. The van der Waals surface area contributed by atoms with E-state index in [1.165, 1.54) is 45.1 Å². The van der Waals surface area contributed by atoms with Crippen LogP contribution in [0.3, 0.4) is 0 Å². The molecule has 0 nitrogen and oxygen atoms in total.